The van der Waals surface area contributed by atoms with Crippen molar-refractivity contribution in [3.63, 3.8) is 0 Å². The molecule has 0 aromatic heterocycles. The summed E-state index contributed by atoms with van der Waals surface area (Å²) in [5.74, 6) is 2.22. The fraction of sp³-hybridized carbons (Fsp3) is 0.0400. The van der Waals surface area contributed by atoms with Gasteiger partial charge in [0.1, 0.15) is 17.2 Å². The molecule has 0 aliphatic rings. The molecule has 0 radical (unpaired) electrons. The maximum absolute atomic E-state index is 13.1. The summed E-state index contributed by atoms with van der Waals surface area (Å²) in [7, 11) is 0.434. The second-order valence-corrected chi connectivity index (χ2v) is 14.8. The van der Waals surface area contributed by atoms with Crippen molar-refractivity contribution in [1.82, 2.24) is 0 Å². The normalized spacial score (nSPS) is 11.4. The van der Waals surface area contributed by atoms with E-state index in [-0.39, 0.29) is 0 Å². The van der Waals surface area contributed by atoms with Crippen LogP contribution in [0.2, 0.25) is 0 Å². The predicted molar refractivity (Wildman–Crippen MR) is 230 cm³/mol. The highest BCUT2D eigenvalue weighted by Gasteiger charge is 2.15. The van der Waals surface area contributed by atoms with Crippen LogP contribution in [0.4, 0.5) is 34.1 Å². The van der Waals surface area contributed by atoms with Crippen LogP contribution in [0.1, 0.15) is 5.56 Å². The molecule has 8 aromatic rings. The molecule has 6 heteroatoms. The number of benzene rings is 8. The van der Waals surface area contributed by atoms with E-state index in [0.29, 0.717) is 11.5 Å². The number of hydrogen-bond donors (Lipinski definition) is 0. The highest BCUT2D eigenvalue weighted by Crippen LogP contribution is 2.39. The minimum Gasteiger partial charge on any atom is -0.497 e. The van der Waals surface area contributed by atoms with Gasteiger partial charge in [0, 0.05) is 43.9 Å². The van der Waals surface area contributed by atoms with Gasteiger partial charge >= 0.3 is 0 Å². The molecule has 0 aliphatic carbocycles. The first-order valence-electron chi connectivity index (χ1n) is 18.4. The largest absolute Gasteiger partial charge is 0.497 e. The number of hydrogen-bond acceptors (Lipinski definition) is 5. The Bertz CT molecular complexity index is 2510. The van der Waals surface area contributed by atoms with Crippen molar-refractivity contribution in [2.24, 2.45) is 0 Å². The van der Waals surface area contributed by atoms with Gasteiger partial charge in [-0.05, 0) is 152 Å². The Kier molecular flexibility index (Phi) is 10.7. The number of aryl methyl sites for hydroxylation is 1. The predicted octanol–water partition coefficient (Wildman–Crippen LogP) is 13.6. The van der Waals surface area contributed by atoms with Crippen LogP contribution in [0.25, 0.3) is 11.1 Å². The summed E-state index contributed by atoms with van der Waals surface area (Å²) in [6.45, 7) is 2.02. The molecule has 5 nitrogen and oxygen atoms in total. The average Bonchev–Trinajstić information content (AvgIpc) is 3.26. The van der Waals surface area contributed by atoms with Gasteiger partial charge < -0.3 is 19.3 Å². The second kappa shape index (κ2) is 16.6. The van der Waals surface area contributed by atoms with Gasteiger partial charge in [-0.3, -0.25) is 0 Å². The monoisotopic (exact) mass is 748 g/mol. The molecule has 56 heavy (non-hydrogen) atoms. The van der Waals surface area contributed by atoms with Gasteiger partial charge in [0.05, 0.1) is 17.9 Å². The lowest BCUT2D eigenvalue weighted by Crippen LogP contribution is -2.10. The van der Waals surface area contributed by atoms with E-state index in [4.69, 9.17) is 9.47 Å². The lowest BCUT2D eigenvalue weighted by atomic mass is 10.0. The van der Waals surface area contributed by atoms with Crippen molar-refractivity contribution in [3.05, 3.63) is 212 Å². The van der Waals surface area contributed by atoms with Gasteiger partial charge in [-0.15, -0.1) is 0 Å². The molecule has 0 saturated carbocycles. The zero-order chi connectivity index (χ0) is 38.3. The maximum atomic E-state index is 13.1. The van der Waals surface area contributed by atoms with E-state index >= 15 is 0 Å². The summed E-state index contributed by atoms with van der Waals surface area (Å²) >= 11 is 0. The van der Waals surface area contributed by atoms with Crippen LogP contribution >= 0.6 is 0 Å². The number of methoxy groups -OCH3 is 1. The number of ether oxygens (including phenoxy) is 2. The van der Waals surface area contributed by atoms with Gasteiger partial charge in [-0.25, -0.2) is 4.21 Å². The Morgan fingerprint density at radius 3 is 1.09 bits per heavy atom. The van der Waals surface area contributed by atoms with E-state index in [1.54, 1.807) is 7.11 Å². The third-order valence-electron chi connectivity index (χ3n) is 9.55. The van der Waals surface area contributed by atoms with Crippen LogP contribution in [0.5, 0.6) is 17.2 Å². The number of anilines is 6. The van der Waals surface area contributed by atoms with E-state index < -0.39 is 10.8 Å². The first kappa shape index (κ1) is 36.1. The van der Waals surface area contributed by atoms with Crippen LogP contribution in [0.3, 0.4) is 0 Å². The van der Waals surface area contributed by atoms with Gasteiger partial charge in [0.2, 0.25) is 0 Å². The summed E-state index contributed by atoms with van der Waals surface area (Å²) in [5.41, 5.74) is 9.69. The Morgan fingerprint density at radius 2 is 0.696 bits per heavy atom. The molecule has 0 aliphatic heterocycles. The lowest BCUT2D eigenvalue weighted by molar-refractivity contribution is 0.415. The van der Waals surface area contributed by atoms with E-state index in [2.05, 4.69) is 131 Å². The molecule has 8 aromatic carbocycles. The van der Waals surface area contributed by atoms with Crippen molar-refractivity contribution in [1.29, 1.82) is 0 Å². The first-order chi connectivity index (χ1) is 27.5. The van der Waals surface area contributed by atoms with Crippen molar-refractivity contribution in [2.45, 2.75) is 16.7 Å². The quantitative estimate of drug-likeness (QED) is 0.124. The molecular weight excluding hydrogens is 709 g/mol. The highest BCUT2D eigenvalue weighted by atomic mass is 32.2. The lowest BCUT2D eigenvalue weighted by Gasteiger charge is -2.26. The number of nitrogens with zero attached hydrogens (tertiary/aromatic N) is 2. The number of para-hydroxylation sites is 2. The molecule has 0 amide bonds. The Balaban J connectivity index is 1.00. The van der Waals surface area contributed by atoms with Gasteiger partial charge in [-0.1, -0.05) is 78.4 Å². The van der Waals surface area contributed by atoms with E-state index in [1.165, 1.54) is 0 Å². The summed E-state index contributed by atoms with van der Waals surface area (Å²) in [6.07, 6.45) is 0. The molecule has 1 atom stereocenters. The zero-order valence-corrected chi connectivity index (χ0v) is 32.0. The molecular formula is C50H40N2O3S. The van der Waals surface area contributed by atoms with Gasteiger partial charge in [-0.2, -0.15) is 0 Å². The van der Waals surface area contributed by atoms with Crippen LogP contribution in [0, 0.1) is 6.92 Å². The van der Waals surface area contributed by atoms with Gasteiger partial charge in [0.25, 0.3) is 0 Å². The highest BCUT2D eigenvalue weighted by molar-refractivity contribution is 7.85. The first-order valence-corrected chi connectivity index (χ1v) is 19.6. The summed E-state index contributed by atoms with van der Waals surface area (Å²) in [5, 5.41) is 0. The molecule has 0 saturated heterocycles. The molecule has 0 fully saturated rings. The maximum Gasteiger partial charge on any atom is 0.127 e. The van der Waals surface area contributed by atoms with E-state index in [9.17, 15) is 4.21 Å². The fourth-order valence-corrected chi connectivity index (χ4v) is 7.65. The standard InChI is InChI=1S/C50H40N2O3S/c1-37-13-33-49(34-14-37)56(53)50-35-31-48(32-36-50)55-47-29-25-45(26-30-47)52(41-11-7-4-8-12-41)43-21-17-39(18-22-43)38-15-19-42(20-16-38)51(40-9-5-3-6-10-40)44-23-27-46(54-2)28-24-44/h3-36H,1-2H3. The molecule has 0 bridgehead atoms. The smallest absolute Gasteiger partial charge is 0.127 e. The van der Waals surface area contributed by atoms with Crippen LogP contribution < -0.4 is 19.3 Å². The summed E-state index contributed by atoms with van der Waals surface area (Å²) in [4.78, 5) is 5.99. The fourth-order valence-electron chi connectivity index (χ4n) is 6.61. The second-order valence-electron chi connectivity index (χ2n) is 13.3. The third-order valence-corrected chi connectivity index (χ3v) is 10.9. The van der Waals surface area contributed by atoms with E-state index in [0.717, 1.165) is 66.4 Å². The Morgan fingerprint density at radius 1 is 0.375 bits per heavy atom. The van der Waals surface area contributed by atoms with Crippen molar-refractivity contribution < 1.29 is 13.7 Å². The summed E-state index contributed by atoms with van der Waals surface area (Å²) < 4.78 is 24.7. The average molecular weight is 749 g/mol. The SMILES string of the molecule is COc1ccc(N(c2ccccc2)c2ccc(-c3ccc(N(c4ccccc4)c4ccc(Oc5ccc(S(=O)c6ccc(C)cc6)cc5)cc4)cc3)cc2)cc1. The summed E-state index contributed by atoms with van der Waals surface area (Å²) in [6, 6.07) is 69.5. The van der Waals surface area contributed by atoms with Crippen LogP contribution in [-0.2, 0) is 10.8 Å². The Labute approximate surface area is 331 Å². The van der Waals surface area contributed by atoms with Crippen molar-refractivity contribution in [3.8, 4) is 28.4 Å². The topological polar surface area (TPSA) is 42.0 Å². The Hall–Kier alpha value is -6.89. The minimum atomic E-state index is -1.25. The third kappa shape index (κ3) is 8.11. The minimum absolute atomic E-state index is 0.680. The van der Waals surface area contributed by atoms with Crippen molar-refractivity contribution >= 4 is 44.9 Å². The van der Waals surface area contributed by atoms with Crippen molar-refractivity contribution in [2.75, 3.05) is 16.9 Å². The molecule has 0 N–H and O–H groups in total. The zero-order valence-electron chi connectivity index (χ0n) is 31.2. The van der Waals surface area contributed by atoms with Crippen LogP contribution in [0.15, 0.2) is 216 Å². The molecule has 1 unspecified atom stereocenters. The molecule has 274 valence electrons. The van der Waals surface area contributed by atoms with Gasteiger partial charge in [0.15, 0.2) is 0 Å². The van der Waals surface area contributed by atoms with Crippen LogP contribution in [-0.4, -0.2) is 11.3 Å². The molecule has 8 rings (SSSR count). The number of rotatable bonds is 12. The molecule has 0 spiro atoms. The van der Waals surface area contributed by atoms with E-state index in [1.807, 2.05) is 91.9 Å². The molecule has 0 heterocycles.